The summed E-state index contributed by atoms with van der Waals surface area (Å²) in [6.07, 6.45) is -0.485. The van der Waals surface area contributed by atoms with E-state index in [1.54, 1.807) is 6.07 Å². The third-order valence-electron chi connectivity index (χ3n) is 8.01. The molecule has 6 rings (SSSR count). The number of hydrogen-bond acceptors (Lipinski definition) is 5. The first-order chi connectivity index (χ1) is 23.7. The molecule has 3 N–H and O–H groups in total. The summed E-state index contributed by atoms with van der Waals surface area (Å²) in [5.74, 6) is -2.73. The molecule has 49 heavy (non-hydrogen) atoms. The monoisotopic (exact) mass is 797 g/mol. The maximum absolute atomic E-state index is 12.6. The van der Waals surface area contributed by atoms with Crippen molar-refractivity contribution in [2.45, 2.75) is 18.9 Å². The first kappa shape index (κ1) is 34.1. The predicted molar refractivity (Wildman–Crippen MR) is 200 cm³/mol. The molecule has 7 nitrogen and oxygen atoms in total. The minimum absolute atomic E-state index is 0.00630. The van der Waals surface area contributed by atoms with Crippen LogP contribution in [0.1, 0.15) is 37.6 Å². The number of rotatable bonds is 12. The number of benzene rings is 5. The van der Waals surface area contributed by atoms with Crippen LogP contribution in [0.5, 0.6) is 5.75 Å². The van der Waals surface area contributed by atoms with Crippen molar-refractivity contribution < 1.29 is 29.3 Å². The van der Waals surface area contributed by atoms with Crippen LogP contribution in [0, 0.1) is 0 Å². The second-order valence-electron chi connectivity index (χ2n) is 11.2. The minimum atomic E-state index is -1.28. The van der Waals surface area contributed by atoms with Gasteiger partial charge in [-0.1, -0.05) is 84.9 Å². The molecule has 246 valence electrons. The van der Waals surface area contributed by atoms with Gasteiger partial charge in [-0.15, -0.1) is 11.3 Å². The van der Waals surface area contributed by atoms with E-state index in [-0.39, 0.29) is 24.1 Å². The fourth-order valence-electron chi connectivity index (χ4n) is 5.64. The Kier molecular flexibility index (Phi) is 10.6. The number of halogens is 2. The van der Waals surface area contributed by atoms with E-state index in [0.29, 0.717) is 14.7 Å². The number of amides is 1. The minimum Gasteiger partial charge on any atom is -0.479 e. The molecule has 0 saturated carbocycles. The van der Waals surface area contributed by atoms with Gasteiger partial charge in [-0.25, -0.2) is 9.59 Å². The molecule has 0 aliphatic carbocycles. The highest BCUT2D eigenvalue weighted by Gasteiger charge is 2.24. The number of fused-ring (bicyclic) bond motifs is 1. The standard InChI is InChI=1S/C39H29Br2NO6S/c40-30-21-26(22-31(41)36(30)48-32(39(46)47)18-19-42-37(43)27-10-4-5-11-28(27)38(44)45)24-14-16-25(17-15-24)35-29-12-6-7-13-33(29)49-34(35)20-23-8-2-1-3-9-23/h1-17,21-22,32H,18-20H2,(H,42,43)(H,44,45)(H,46,47)/t32-/m1/s1. The van der Waals surface area contributed by atoms with Gasteiger partial charge in [-0.2, -0.15) is 0 Å². The Morgan fingerprint density at radius 3 is 2.02 bits per heavy atom. The highest BCUT2D eigenvalue weighted by atomic mass is 79.9. The van der Waals surface area contributed by atoms with Crippen LogP contribution >= 0.6 is 43.2 Å². The van der Waals surface area contributed by atoms with Crippen molar-refractivity contribution in [1.82, 2.24) is 5.32 Å². The molecule has 0 aliphatic rings. The lowest BCUT2D eigenvalue weighted by Crippen LogP contribution is -2.34. The summed E-state index contributed by atoms with van der Waals surface area (Å²) in [6, 6.07) is 37.0. The van der Waals surface area contributed by atoms with Gasteiger partial charge >= 0.3 is 11.9 Å². The zero-order valence-corrected chi connectivity index (χ0v) is 29.8. The highest BCUT2D eigenvalue weighted by molar-refractivity contribution is 9.11. The predicted octanol–water partition coefficient (Wildman–Crippen LogP) is 9.70. The van der Waals surface area contributed by atoms with Gasteiger partial charge in [0.25, 0.3) is 5.91 Å². The van der Waals surface area contributed by atoms with Crippen LogP contribution in [0.3, 0.4) is 0 Å². The average Bonchev–Trinajstić information content (AvgIpc) is 3.46. The van der Waals surface area contributed by atoms with E-state index in [2.05, 4.69) is 110 Å². The van der Waals surface area contributed by atoms with Crippen LogP contribution in [-0.4, -0.2) is 40.7 Å². The third kappa shape index (κ3) is 7.77. The number of carboxylic acids is 2. The Bertz CT molecular complexity index is 2140. The van der Waals surface area contributed by atoms with Gasteiger partial charge in [0, 0.05) is 39.9 Å². The van der Waals surface area contributed by atoms with E-state index in [1.807, 2.05) is 29.5 Å². The third-order valence-corrected chi connectivity index (χ3v) is 10.4. The van der Waals surface area contributed by atoms with Crippen molar-refractivity contribution in [3.63, 3.8) is 0 Å². The number of carboxylic acid groups (broad SMARTS) is 2. The normalized spacial score (nSPS) is 11.6. The van der Waals surface area contributed by atoms with Crippen LogP contribution < -0.4 is 10.1 Å². The van der Waals surface area contributed by atoms with Crippen molar-refractivity contribution in [3.05, 3.63) is 146 Å². The molecule has 0 spiro atoms. The van der Waals surface area contributed by atoms with Gasteiger partial charge in [-0.3, -0.25) is 4.79 Å². The maximum atomic E-state index is 12.6. The second-order valence-corrected chi connectivity index (χ2v) is 14.1. The van der Waals surface area contributed by atoms with Crippen molar-refractivity contribution in [3.8, 4) is 28.0 Å². The van der Waals surface area contributed by atoms with E-state index in [9.17, 15) is 24.6 Å². The summed E-state index contributed by atoms with van der Waals surface area (Å²) in [7, 11) is 0. The number of thiophene rings is 1. The van der Waals surface area contributed by atoms with Crippen LogP contribution in [0.15, 0.2) is 124 Å². The highest BCUT2D eigenvalue weighted by Crippen LogP contribution is 2.42. The Morgan fingerprint density at radius 2 is 1.35 bits per heavy atom. The number of hydrogen-bond donors (Lipinski definition) is 3. The molecule has 5 aromatic carbocycles. The first-order valence-electron chi connectivity index (χ1n) is 15.3. The molecule has 1 amide bonds. The largest absolute Gasteiger partial charge is 0.479 e. The number of carbonyl (C=O) groups excluding carboxylic acids is 1. The van der Waals surface area contributed by atoms with E-state index < -0.39 is 23.9 Å². The van der Waals surface area contributed by atoms with Gasteiger partial charge in [0.2, 0.25) is 0 Å². The quantitative estimate of drug-likeness (QED) is 0.114. The zero-order chi connectivity index (χ0) is 34.5. The van der Waals surface area contributed by atoms with Crippen LogP contribution in [0.2, 0.25) is 0 Å². The van der Waals surface area contributed by atoms with E-state index in [4.69, 9.17) is 4.74 Å². The zero-order valence-electron chi connectivity index (χ0n) is 25.9. The number of ether oxygens (including phenoxy) is 1. The summed E-state index contributed by atoms with van der Waals surface area (Å²) in [5.41, 5.74) is 5.36. The molecule has 0 saturated heterocycles. The van der Waals surface area contributed by atoms with Crippen molar-refractivity contribution >= 4 is 71.1 Å². The van der Waals surface area contributed by atoms with Crippen LogP contribution in [0.4, 0.5) is 0 Å². The molecule has 1 atom stereocenters. The molecule has 0 unspecified atom stereocenters. The molecule has 10 heteroatoms. The molecular weight excluding hydrogens is 770 g/mol. The number of carbonyl (C=O) groups is 3. The van der Waals surface area contributed by atoms with E-state index >= 15 is 0 Å². The van der Waals surface area contributed by atoms with Crippen LogP contribution in [-0.2, 0) is 11.2 Å². The van der Waals surface area contributed by atoms with Crippen molar-refractivity contribution in [1.29, 1.82) is 0 Å². The summed E-state index contributed by atoms with van der Waals surface area (Å²) in [5, 5.41) is 23.1. The Balaban J connectivity index is 1.18. The molecule has 0 radical (unpaired) electrons. The van der Waals surface area contributed by atoms with E-state index in [1.165, 1.54) is 44.3 Å². The molecule has 0 bridgehead atoms. The maximum Gasteiger partial charge on any atom is 0.344 e. The van der Waals surface area contributed by atoms with Gasteiger partial charge in [0.05, 0.1) is 20.1 Å². The fourth-order valence-corrected chi connectivity index (χ4v) is 8.28. The van der Waals surface area contributed by atoms with Gasteiger partial charge < -0.3 is 20.3 Å². The van der Waals surface area contributed by atoms with Gasteiger partial charge in [0.1, 0.15) is 5.75 Å². The molecule has 1 aromatic heterocycles. The summed E-state index contributed by atoms with van der Waals surface area (Å²) < 4.78 is 8.27. The first-order valence-corrected chi connectivity index (χ1v) is 17.7. The molecule has 0 fully saturated rings. The van der Waals surface area contributed by atoms with Crippen molar-refractivity contribution in [2.24, 2.45) is 0 Å². The smallest absolute Gasteiger partial charge is 0.344 e. The van der Waals surface area contributed by atoms with E-state index in [0.717, 1.165) is 23.1 Å². The lowest BCUT2D eigenvalue weighted by Gasteiger charge is -2.19. The molecule has 1 heterocycles. The lowest BCUT2D eigenvalue weighted by molar-refractivity contribution is -0.145. The Labute approximate surface area is 303 Å². The lowest BCUT2D eigenvalue weighted by atomic mass is 9.96. The SMILES string of the molecule is O=C(O)c1ccccc1C(=O)NCC[C@@H](Oc1c(Br)cc(-c2ccc(-c3c(Cc4ccccc4)sc4ccccc34)cc2)cc1Br)C(=O)O. The summed E-state index contributed by atoms with van der Waals surface area (Å²) >= 11 is 8.94. The van der Waals surface area contributed by atoms with Crippen molar-refractivity contribution in [2.75, 3.05) is 6.54 Å². The summed E-state index contributed by atoms with van der Waals surface area (Å²) in [6.45, 7) is -0.0457. The van der Waals surface area contributed by atoms with Gasteiger partial charge in [-0.05, 0) is 84.4 Å². The second kappa shape index (κ2) is 15.2. The average molecular weight is 800 g/mol. The Morgan fingerprint density at radius 1 is 0.735 bits per heavy atom. The fraction of sp³-hybridized carbons (Fsp3) is 0.103. The number of aliphatic carboxylic acids is 1. The topological polar surface area (TPSA) is 113 Å². The molecule has 6 aromatic rings. The molecular formula is C39H29Br2NO6S. The van der Waals surface area contributed by atoms with Gasteiger partial charge in [0.15, 0.2) is 6.10 Å². The number of aromatic carboxylic acids is 1. The molecule has 0 aliphatic heterocycles. The number of nitrogens with one attached hydrogen (secondary N) is 1. The Hall–Kier alpha value is -4.77. The van der Waals surface area contributed by atoms with Crippen LogP contribution in [0.25, 0.3) is 32.3 Å². The summed E-state index contributed by atoms with van der Waals surface area (Å²) in [4.78, 5) is 37.5.